The normalized spacial score (nSPS) is 10.2. The number of nitrogens with one attached hydrogen (secondary N) is 3. The Morgan fingerprint density at radius 3 is 2.47 bits per heavy atom. The summed E-state index contributed by atoms with van der Waals surface area (Å²) in [4.78, 5) is 22.5. The Morgan fingerprint density at radius 1 is 1.26 bits per heavy atom. The van der Waals surface area contributed by atoms with Crippen molar-refractivity contribution in [3.8, 4) is 0 Å². The summed E-state index contributed by atoms with van der Waals surface area (Å²) in [5, 5.41) is 8.36. The summed E-state index contributed by atoms with van der Waals surface area (Å²) in [6.07, 6.45) is 0. The SMILES string of the molecule is CC(=O)Nc1ccc(NC(=O)NCC(C)C)c(Cl)c1. The van der Waals surface area contributed by atoms with E-state index in [-0.39, 0.29) is 11.9 Å². The van der Waals surface area contributed by atoms with Crippen LogP contribution < -0.4 is 16.0 Å². The molecule has 5 nitrogen and oxygen atoms in total. The molecule has 0 aliphatic heterocycles. The highest BCUT2D eigenvalue weighted by atomic mass is 35.5. The van der Waals surface area contributed by atoms with E-state index in [1.165, 1.54) is 6.92 Å². The first-order valence-corrected chi connectivity index (χ1v) is 6.38. The standard InChI is InChI=1S/C13H18ClN3O2/c1-8(2)7-15-13(19)17-12-5-4-10(6-11(12)14)16-9(3)18/h4-6,8H,7H2,1-3H3,(H,16,18)(H2,15,17,19). The highest BCUT2D eigenvalue weighted by molar-refractivity contribution is 6.34. The van der Waals surface area contributed by atoms with Gasteiger partial charge in [0.15, 0.2) is 0 Å². The van der Waals surface area contributed by atoms with Crippen LogP contribution in [0.5, 0.6) is 0 Å². The molecule has 0 spiro atoms. The largest absolute Gasteiger partial charge is 0.338 e. The molecule has 0 unspecified atom stereocenters. The summed E-state index contributed by atoms with van der Waals surface area (Å²) in [6, 6.07) is 4.59. The smallest absolute Gasteiger partial charge is 0.319 e. The van der Waals surface area contributed by atoms with Crippen LogP contribution >= 0.6 is 11.6 Å². The Bertz CT molecular complexity index is 475. The summed E-state index contributed by atoms with van der Waals surface area (Å²) < 4.78 is 0. The zero-order chi connectivity index (χ0) is 14.4. The molecular weight excluding hydrogens is 266 g/mol. The van der Waals surface area contributed by atoms with Gasteiger partial charge < -0.3 is 16.0 Å². The van der Waals surface area contributed by atoms with E-state index in [0.717, 1.165) is 0 Å². The molecule has 3 amide bonds. The highest BCUT2D eigenvalue weighted by Gasteiger charge is 2.07. The van der Waals surface area contributed by atoms with Gasteiger partial charge >= 0.3 is 6.03 Å². The maximum atomic E-state index is 11.6. The minimum absolute atomic E-state index is 0.175. The van der Waals surface area contributed by atoms with E-state index in [4.69, 9.17) is 11.6 Å². The summed E-state index contributed by atoms with van der Waals surface area (Å²) in [5.41, 5.74) is 1.09. The minimum atomic E-state index is -0.303. The predicted molar refractivity (Wildman–Crippen MR) is 77.6 cm³/mol. The van der Waals surface area contributed by atoms with Crippen molar-refractivity contribution >= 4 is 34.9 Å². The third-order valence-electron chi connectivity index (χ3n) is 2.21. The van der Waals surface area contributed by atoms with Crippen LogP contribution in [0, 0.1) is 5.92 Å². The number of urea groups is 1. The van der Waals surface area contributed by atoms with E-state index in [1.54, 1.807) is 18.2 Å². The predicted octanol–water partition coefficient (Wildman–Crippen LogP) is 3.08. The Balaban J connectivity index is 2.64. The van der Waals surface area contributed by atoms with Crippen molar-refractivity contribution in [2.75, 3.05) is 17.2 Å². The molecule has 1 rings (SSSR count). The van der Waals surface area contributed by atoms with Crippen molar-refractivity contribution < 1.29 is 9.59 Å². The van der Waals surface area contributed by atoms with Crippen molar-refractivity contribution in [2.24, 2.45) is 5.92 Å². The Hall–Kier alpha value is -1.75. The highest BCUT2D eigenvalue weighted by Crippen LogP contribution is 2.25. The number of anilines is 2. The van der Waals surface area contributed by atoms with Gasteiger partial charge in [0.25, 0.3) is 0 Å². The lowest BCUT2D eigenvalue weighted by molar-refractivity contribution is -0.114. The molecule has 0 bridgehead atoms. The van der Waals surface area contributed by atoms with E-state index in [2.05, 4.69) is 16.0 Å². The van der Waals surface area contributed by atoms with Gasteiger partial charge in [0.05, 0.1) is 10.7 Å². The number of halogens is 1. The van der Waals surface area contributed by atoms with Gasteiger partial charge in [0.2, 0.25) is 5.91 Å². The van der Waals surface area contributed by atoms with Crippen LogP contribution in [-0.2, 0) is 4.79 Å². The van der Waals surface area contributed by atoms with E-state index in [0.29, 0.717) is 28.9 Å². The molecule has 0 radical (unpaired) electrons. The third-order valence-corrected chi connectivity index (χ3v) is 2.52. The average Bonchev–Trinajstić information content (AvgIpc) is 2.29. The molecule has 3 N–H and O–H groups in total. The van der Waals surface area contributed by atoms with E-state index in [9.17, 15) is 9.59 Å². The third kappa shape index (κ3) is 5.61. The van der Waals surface area contributed by atoms with Crippen molar-refractivity contribution in [2.45, 2.75) is 20.8 Å². The molecular formula is C13H18ClN3O2. The monoisotopic (exact) mass is 283 g/mol. The van der Waals surface area contributed by atoms with Crippen LogP contribution in [0.2, 0.25) is 5.02 Å². The van der Waals surface area contributed by atoms with Crippen LogP contribution in [0.15, 0.2) is 18.2 Å². The van der Waals surface area contributed by atoms with Crippen molar-refractivity contribution in [1.82, 2.24) is 5.32 Å². The molecule has 104 valence electrons. The second-order valence-electron chi connectivity index (χ2n) is 4.60. The number of hydrogen-bond donors (Lipinski definition) is 3. The number of benzene rings is 1. The number of carbonyl (C=O) groups is 2. The molecule has 0 aromatic heterocycles. The van der Waals surface area contributed by atoms with E-state index in [1.807, 2.05) is 13.8 Å². The molecule has 0 saturated carbocycles. The first-order chi connectivity index (χ1) is 8.88. The summed E-state index contributed by atoms with van der Waals surface area (Å²) in [5.74, 6) is 0.204. The molecule has 0 atom stereocenters. The fraction of sp³-hybridized carbons (Fsp3) is 0.385. The molecule has 1 aromatic carbocycles. The first kappa shape index (κ1) is 15.3. The van der Waals surface area contributed by atoms with Gasteiger partial charge in [-0.2, -0.15) is 0 Å². The van der Waals surface area contributed by atoms with Crippen LogP contribution in [-0.4, -0.2) is 18.5 Å². The lowest BCUT2D eigenvalue weighted by Crippen LogP contribution is -2.31. The molecule has 0 fully saturated rings. The van der Waals surface area contributed by atoms with Gasteiger partial charge in [-0.25, -0.2) is 4.79 Å². The average molecular weight is 284 g/mol. The second kappa shape index (κ2) is 6.99. The Labute approximate surface area is 117 Å². The van der Waals surface area contributed by atoms with Gasteiger partial charge in [-0.1, -0.05) is 25.4 Å². The first-order valence-electron chi connectivity index (χ1n) is 6.00. The summed E-state index contributed by atoms with van der Waals surface area (Å²) >= 11 is 6.03. The second-order valence-corrected chi connectivity index (χ2v) is 5.01. The van der Waals surface area contributed by atoms with Crippen molar-refractivity contribution in [3.63, 3.8) is 0 Å². The fourth-order valence-electron chi connectivity index (χ4n) is 1.36. The molecule has 6 heteroatoms. The van der Waals surface area contributed by atoms with Crippen LogP contribution in [0.1, 0.15) is 20.8 Å². The van der Waals surface area contributed by atoms with Crippen molar-refractivity contribution in [1.29, 1.82) is 0 Å². The topological polar surface area (TPSA) is 70.2 Å². The number of amides is 3. The maximum absolute atomic E-state index is 11.6. The minimum Gasteiger partial charge on any atom is -0.338 e. The van der Waals surface area contributed by atoms with Gasteiger partial charge in [-0.15, -0.1) is 0 Å². The molecule has 0 aliphatic rings. The molecule has 1 aromatic rings. The van der Waals surface area contributed by atoms with Gasteiger partial charge in [0, 0.05) is 19.2 Å². The quantitative estimate of drug-likeness (QED) is 0.795. The maximum Gasteiger partial charge on any atom is 0.319 e. The van der Waals surface area contributed by atoms with Gasteiger partial charge in [-0.05, 0) is 24.1 Å². The van der Waals surface area contributed by atoms with Crippen LogP contribution in [0.25, 0.3) is 0 Å². The van der Waals surface area contributed by atoms with Gasteiger partial charge in [-0.3, -0.25) is 4.79 Å². The van der Waals surface area contributed by atoms with Crippen LogP contribution in [0.4, 0.5) is 16.2 Å². The molecule has 0 heterocycles. The number of carbonyl (C=O) groups excluding carboxylic acids is 2. The molecule has 0 saturated heterocycles. The zero-order valence-electron chi connectivity index (χ0n) is 11.2. The molecule has 19 heavy (non-hydrogen) atoms. The Kier molecular flexibility index (Phi) is 5.63. The summed E-state index contributed by atoms with van der Waals surface area (Å²) in [7, 11) is 0. The van der Waals surface area contributed by atoms with Gasteiger partial charge in [0.1, 0.15) is 0 Å². The lowest BCUT2D eigenvalue weighted by atomic mass is 10.2. The number of hydrogen-bond acceptors (Lipinski definition) is 2. The molecule has 0 aliphatic carbocycles. The van der Waals surface area contributed by atoms with E-state index < -0.39 is 0 Å². The number of rotatable bonds is 4. The Morgan fingerprint density at radius 2 is 1.95 bits per heavy atom. The van der Waals surface area contributed by atoms with Crippen molar-refractivity contribution in [3.05, 3.63) is 23.2 Å². The zero-order valence-corrected chi connectivity index (χ0v) is 12.0. The van der Waals surface area contributed by atoms with Crippen LogP contribution in [0.3, 0.4) is 0 Å². The fourth-order valence-corrected chi connectivity index (χ4v) is 1.59. The van der Waals surface area contributed by atoms with E-state index >= 15 is 0 Å². The summed E-state index contributed by atoms with van der Waals surface area (Å²) in [6.45, 7) is 6.03. The lowest BCUT2D eigenvalue weighted by Gasteiger charge is -2.11.